The zero-order chi connectivity index (χ0) is 12.3. The van der Waals surface area contributed by atoms with Gasteiger partial charge < -0.3 is 4.74 Å². The second-order valence-corrected chi connectivity index (χ2v) is 3.24. The SMILES string of the molecule is COc1nc(C)cc(=O)n1CCC(F)(F)F. The molecule has 0 unspecified atom stereocenters. The standard InChI is InChI=1S/C9H11F3N2O2/c1-6-5-7(15)14(8(13-6)16-2)4-3-9(10,11)12/h5H,3-4H2,1-2H3. The molecular formula is C9H11F3N2O2. The fraction of sp³-hybridized carbons (Fsp3) is 0.556. The van der Waals surface area contributed by atoms with Crippen molar-refractivity contribution in [2.24, 2.45) is 0 Å². The first-order valence-electron chi connectivity index (χ1n) is 4.53. The maximum atomic E-state index is 12.0. The number of nitrogens with zero attached hydrogens (tertiary/aromatic N) is 2. The van der Waals surface area contributed by atoms with Crippen LogP contribution in [0.25, 0.3) is 0 Å². The van der Waals surface area contributed by atoms with Crippen molar-refractivity contribution in [3.63, 3.8) is 0 Å². The smallest absolute Gasteiger partial charge is 0.390 e. The summed E-state index contributed by atoms with van der Waals surface area (Å²) in [6.07, 6.45) is -5.40. The number of aromatic nitrogens is 2. The Morgan fingerprint density at radius 3 is 2.62 bits per heavy atom. The van der Waals surface area contributed by atoms with Crippen LogP contribution in [0.1, 0.15) is 12.1 Å². The molecule has 0 aliphatic heterocycles. The van der Waals surface area contributed by atoms with Gasteiger partial charge in [-0.15, -0.1) is 0 Å². The largest absolute Gasteiger partial charge is 0.468 e. The lowest BCUT2D eigenvalue weighted by Crippen LogP contribution is -2.25. The summed E-state index contributed by atoms with van der Waals surface area (Å²) in [5.74, 6) is 0. The summed E-state index contributed by atoms with van der Waals surface area (Å²) in [5.41, 5.74) is -0.140. The Balaban J connectivity index is 2.99. The normalized spacial score (nSPS) is 11.6. The van der Waals surface area contributed by atoms with Gasteiger partial charge in [-0.1, -0.05) is 0 Å². The third kappa shape index (κ3) is 3.25. The van der Waals surface area contributed by atoms with Crippen LogP contribution in [0.4, 0.5) is 13.2 Å². The third-order valence-electron chi connectivity index (χ3n) is 1.90. The molecule has 0 aromatic carbocycles. The minimum absolute atomic E-state index is 0.103. The Morgan fingerprint density at radius 2 is 2.12 bits per heavy atom. The van der Waals surface area contributed by atoms with Gasteiger partial charge in [-0.3, -0.25) is 9.36 Å². The van der Waals surface area contributed by atoms with E-state index in [2.05, 4.69) is 4.98 Å². The molecule has 1 rings (SSSR count). The maximum absolute atomic E-state index is 12.0. The van der Waals surface area contributed by atoms with Gasteiger partial charge in [-0.2, -0.15) is 13.2 Å². The minimum atomic E-state index is -4.31. The summed E-state index contributed by atoms with van der Waals surface area (Å²) in [6, 6.07) is 1.06. The van der Waals surface area contributed by atoms with Gasteiger partial charge in [-0.05, 0) is 6.92 Å². The van der Waals surface area contributed by atoms with E-state index in [1.165, 1.54) is 13.2 Å². The zero-order valence-electron chi connectivity index (χ0n) is 8.84. The van der Waals surface area contributed by atoms with Gasteiger partial charge in [0.1, 0.15) is 0 Å². The molecule has 7 heteroatoms. The maximum Gasteiger partial charge on any atom is 0.390 e. The molecule has 1 aromatic rings. The number of alkyl halides is 3. The van der Waals surface area contributed by atoms with Gasteiger partial charge >= 0.3 is 6.18 Å². The first kappa shape index (κ1) is 12.5. The van der Waals surface area contributed by atoms with Crippen LogP contribution in [0.2, 0.25) is 0 Å². The van der Waals surface area contributed by atoms with Crippen LogP contribution in [0, 0.1) is 6.92 Å². The van der Waals surface area contributed by atoms with Crippen LogP contribution in [0.5, 0.6) is 6.01 Å². The van der Waals surface area contributed by atoms with Crippen LogP contribution >= 0.6 is 0 Å². The van der Waals surface area contributed by atoms with Crippen molar-refractivity contribution in [3.05, 3.63) is 22.1 Å². The molecule has 4 nitrogen and oxygen atoms in total. The molecule has 0 aliphatic carbocycles. The topological polar surface area (TPSA) is 44.1 Å². The number of halogens is 3. The van der Waals surface area contributed by atoms with E-state index >= 15 is 0 Å². The lowest BCUT2D eigenvalue weighted by Gasteiger charge is -2.12. The number of aryl methyl sites for hydroxylation is 1. The Morgan fingerprint density at radius 1 is 1.50 bits per heavy atom. The first-order chi connectivity index (χ1) is 7.33. The highest BCUT2D eigenvalue weighted by Crippen LogP contribution is 2.20. The Hall–Kier alpha value is -1.53. The van der Waals surface area contributed by atoms with Crippen molar-refractivity contribution in [2.75, 3.05) is 7.11 Å². The van der Waals surface area contributed by atoms with Gasteiger partial charge in [0.15, 0.2) is 0 Å². The molecule has 90 valence electrons. The Kier molecular flexibility index (Phi) is 3.56. The lowest BCUT2D eigenvalue weighted by molar-refractivity contribution is -0.137. The average Bonchev–Trinajstić information content (AvgIpc) is 2.13. The number of hydrogen-bond acceptors (Lipinski definition) is 3. The van der Waals surface area contributed by atoms with Gasteiger partial charge in [-0.25, -0.2) is 4.98 Å². The third-order valence-corrected chi connectivity index (χ3v) is 1.90. The van der Waals surface area contributed by atoms with Crippen LogP contribution in [0.15, 0.2) is 10.9 Å². The number of ether oxygens (including phenoxy) is 1. The van der Waals surface area contributed by atoms with E-state index in [9.17, 15) is 18.0 Å². The highest BCUT2D eigenvalue weighted by atomic mass is 19.4. The van der Waals surface area contributed by atoms with E-state index in [0.717, 1.165) is 4.57 Å². The molecule has 0 N–H and O–H groups in total. The summed E-state index contributed by atoms with van der Waals surface area (Å²) in [4.78, 5) is 15.2. The monoisotopic (exact) mass is 236 g/mol. The summed E-state index contributed by atoms with van der Waals surface area (Å²) in [5, 5.41) is 0. The average molecular weight is 236 g/mol. The zero-order valence-corrected chi connectivity index (χ0v) is 8.84. The van der Waals surface area contributed by atoms with Crippen molar-refractivity contribution in [2.45, 2.75) is 26.1 Å². The highest BCUT2D eigenvalue weighted by molar-refractivity contribution is 5.06. The number of hydrogen-bond donors (Lipinski definition) is 0. The molecule has 0 spiro atoms. The fourth-order valence-corrected chi connectivity index (χ4v) is 1.19. The predicted octanol–water partition coefficient (Wildman–Crippen LogP) is 1.51. The molecule has 0 saturated heterocycles. The Labute approximate surface area is 89.7 Å². The van der Waals surface area contributed by atoms with Crippen molar-refractivity contribution in [3.8, 4) is 6.01 Å². The molecule has 0 radical (unpaired) electrons. The molecule has 1 aromatic heterocycles. The minimum Gasteiger partial charge on any atom is -0.468 e. The first-order valence-corrected chi connectivity index (χ1v) is 4.53. The summed E-state index contributed by atoms with van der Waals surface area (Å²) < 4.78 is 41.7. The van der Waals surface area contributed by atoms with Gasteiger partial charge in [0.2, 0.25) is 0 Å². The lowest BCUT2D eigenvalue weighted by atomic mass is 10.4. The molecule has 0 saturated carbocycles. The predicted molar refractivity (Wildman–Crippen MR) is 50.5 cm³/mol. The van der Waals surface area contributed by atoms with E-state index in [1.54, 1.807) is 6.92 Å². The van der Waals surface area contributed by atoms with Gasteiger partial charge in [0.05, 0.1) is 13.5 Å². The van der Waals surface area contributed by atoms with Crippen LogP contribution in [0.3, 0.4) is 0 Å². The van der Waals surface area contributed by atoms with Crippen LogP contribution in [-0.2, 0) is 6.54 Å². The molecule has 16 heavy (non-hydrogen) atoms. The number of rotatable bonds is 3. The molecule has 0 fully saturated rings. The van der Waals surface area contributed by atoms with Gasteiger partial charge in [0.25, 0.3) is 11.6 Å². The molecule has 0 amide bonds. The quantitative estimate of drug-likeness (QED) is 0.799. The van der Waals surface area contributed by atoms with Crippen molar-refractivity contribution >= 4 is 0 Å². The van der Waals surface area contributed by atoms with Gasteiger partial charge in [0, 0.05) is 18.3 Å². The van der Waals surface area contributed by atoms with E-state index in [1.807, 2.05) is 0 Å². The Bertz CT molecular complexity index is 426. The summed E-state index contributed by atoms with van der Waals surface area (Å²) in [6.45, 7) is 1.08. The second kappa shape index (κ2) is 4.54. The van der Waals surface area contributed by atoms with Crippen LogP contribution in [-0.4, -0.2) is 22.8 Å². The second-order valence-electron chi connectivity index (χ2n) is 3.24. The molecule has 0 aliphatic rings. The molecule has 0 atom stereocenters. The van der Waals surface area contributed by atoms with E-state index in [4.69, 9.17) is 4.74 Å². The summed E-state index contributed by atoms with van der Waals surface area (Å²) >= 11 is 0. The van der Waals surface area contributed by atoms with E-state index in [-0.39, 0.29) is 6.01 Å². The summed E-state index contributed by atoms with van der Waals surface area (Å²) in [7, 11) is 1.26. The van der Waals surface area contributed by atoms with Crippen LogP contribution < -0.4 is 10.3 Å². The molecular weight excluding hydrogens is 225 g/mol. The highest BCUT2D eigenvalue weighted by Gasteiger charge is 2.27. The molecule has 1 heterocycles. The number of methoxy groups -OCH3 is 1. The fourth-order valence-electron chi connectivity index (χ4n) is 1.19. The van der Waals surface area contributed by atoms with Crippen molar-refractivity contribution in [1.29, 1.82) is 0 Å². The van der Waals surface area contributed by atoms with E-state index in [0.29, 0.717) is 5.69 Å². The van der Waals surface area contributed by atoms with E-state index < -0.39 is 24.7 Å². The molecule has 0 bridgehead atoms. The van der Waals surface area contributed by atoms with Crippen molar-refractivity contribution < 1.29 is 17.9 Å². The van der Waals surface area contributed by atoms with Crippen molar-refractivity contribution in [1.82, 2.24) is 9.55 Å².